The Kier molecular flexibility index (Phi) is 8.67. The highest BCUT2D eigenvalue weighted by Gasteiger charge is 2.23. The van der Waals surface area contributed by atoms with Gasteiger partial charge >= 0.3 is 0 Å². The Balaban J connectivity index is 1.39. The first-order valence-corrected chi connectivity index (χ1v) is 13.9. The number of nitrogens with one attached hydrogen (secondary N) is 1. The van der Waals surface area contributed by atoms with Gasteiger partial charge in [0.1, 0.15) is 16.5 Å². The summed E-state index contributed by atoms with van der Waals surface area (Å²) in [6.07, 6.45) is 15.7. The largest absolute Gasteiger partial charge is 0.480 e. The fourth-order valence-corrected chi connectivity index (χ4v) is 5.88. The third-order valence-electron chi connectivity index (χ3n) is 6.30. The molecule has 0 spiro atoms. The van der Waals surface area contributed by atoms with Crippen LogP contribution in [0, 0.1) is 0 Å². The smallest absolute Gasteiger partial charge is 0.223 e. The third kappa shape index (κ3) is 7.00. The normalized spacial score (nSPS) is 18.3. The molecule has 0 bridgehead atoms. The second kappa shape index (κ2) is 11.9. The van der Waals surface area contributed by atoms with E-state index in [1.807, 2.05) is 6.08 Å². The van der Waals surface area contributed by atoms with Gasteiger partial charge in [-0.2, -0.15) is 4.98 Å². The quantitative estimate of drug-likeness (QED) is 0.426. The predicted molar refractivity (Wildman–Crippen MR) is 143 cm³/mol. The van der Waals surface area contributed by atoms with Crippen molar-refractivity contribution < 1.29 is 13.2 Å². The molecule has 0 aromatic carbocycles. The highest BCUT2D eigenvalue weighted by atomic mass is 35.5. The van der Waals surface area contributed by atoms with Crippen LogP contribution in [0.2, 0.25) is 5.02 Å². The maximum Gasteiger partial charge on any atom is 0.223 e. The van der Waals surface area contributed by atoms with Crippen LogP contribution in [-0.2, 0) is 15.6 Å². The molecule has 3 aromatic rings. The monoisotopic (exact) mass is 543 g/mol. The summed E-state index contributed by atoms with van der Waals surface area (Å²) < 4.78 is 30.8. The van der Waals surface area contributed by atoms with E-state index in [1.165, 1.54) is 31.8 Å². The second-order valence-corrected chi connectivity index (χ2v) is 11.5. The minimum absolute atomic E-state index is 0.0672. The summed E-state index contributed by atoms with van der Waals surface area (Å²) in [6, 6.07) is 2.45. The van der Waals surface area contributed by atoms with Crippen molar-refractivity contribution in [1.82, 2.24) is 29.8 Å². The van der Waals surface area contributed by atoms with E-state index >= 15 is 0 Å². The minimum atomic E-state index is -3.78. The molecule has 1 aliphatic rings. The van der Waals surface area contributed by atoms with Gasteiger partial charge in [0.25, 0.3) is 0 Å². The lowest BCUT2D eigenvalue weighted by Gasteiger charge is -2.32. The maximum atomic E-state index is 12.7. The van der Waals surface area contributed by atoms with E-state index in [0.717, 1.165) is 31.2 Å². The molecular weight excluding hydrogens is 514 g/mol. The topological polar surface area (TPSA) is 123 Å². The SMILES string of the molecule is COc1nc(CS(=O)(=O)c2cnccc2Cl)ncc1C=Cc1cnc(NC2CCC(N(C)C)CC2)nc1. The van der Waals surface area contributed by atoms with Crippen LogP contribution in [0.25, 0.3) is 12.2 Å². The molecule has 0 unspecified atom stereocenters. The molecular formula is C25H30ClN7O3S. The third-order valence-corrected chi connectivity index (χ3v) is 8.37. The van der Waals surface area contributed by atoms with E-state index in [1.54, 1.807) is 18.5 Å². The van der Waals surface area contributed by atoms with E-state index in [-0.39, 0.29) is 21.6 Å². The van der Waals surface area contributed by atoms with Crippen LogP contribution >= 0.6 is 11.6 Å². The number of nitrogens with zero attached hydrogens (tertiary/aromatic N) is 6. The Bertz CT molecular complexity index is 1340. The predicted octanol–water partition coefficient (Wildman–Crippen LogP) is 3.75. The van der Waals surface area contributed by atoms with Crippen LogP contribution in [0.5, 0.6) is 5.88 Å². The van der Waals surface area contributed by atoms with Crippen molar-refractivity contribution in [2.45, 2.75) is 48.4 Å². The van der Waals surface area contributed by atoms with Gasteiger partial charge in [0, 0.05) is 48.6 Å². The number of hydrogen-bond donors (Lipinski definition) is 1. The summed E-state index contributed by atoms with van der Waals surface area (Å²) in [7, 11) is 1.95. The fourth-order valence-electron chi connectivity index (χ4n) is 4.20. The standard InChI is InChI=1S/C25H30ClN7O3S/c1-33(2)20-8-6-19(7-9-20)31-25-29-12-17(13-30-25)4-5-18-14-28-23(32-24(18)36-3)16-37(34,35)22-15-27-11-10-21(22)26/h4-5,10-15,19-20H,6-9,16H2,1-3H3,(H,29,30,31). The zero-order valence-corrected chi connectivity index (χ0v) is 22.6. The number of ether oxygens (including phenoxy) is 1. The zero-order valence-electron chi connectivity index (χ0n) is 21.0. The lowest BCUT2D eigenvalue weighted by Crippen LogP contribution is -2.36. The summed E-state index contributed by atoms with van der Waals surface area (Å²) in [5.74, 6) is 0.525. The van der Waals surface area contributed by atoms with E-state index in [2.05, 4.69) is 49.2 Å². The number of sulfone groups is 1. The molecule has 1 saturated carbocycles. The van der Waals surface area contributed by atoms with Crippen molar-refractivity contribution in [3.63, 3.8) is 0 Å². The molecule has 1 N–H and O–H groups in total. The lowest BCUT2D eigenvalue weighted by atomic mass is 9.91. The summed E-state index contributed by atoms with van der Waals surface area (Å²) in [5.41, 5.74) is 1.38. The molecule has 10 nitrogen and oxygen atoms in total. The Labute approximate surface area is 222 Å². The number of pyridine rings is 1. The molecule has 0 aliphatic heterocycles. The van der Waals surface area contributed by atoms with Gasteiger partial charge in [-0.3, -0.25) is 4.98 Å². The van der Waals surface area contributed by atoms with E-state index < -0.39 is 15.6 Å². The molecule has 196 valence electrons. The maximum absolute atomic E-state index is 12.7. The summed E-state index contributed by atoms with van der Waals surface area (Å²) in [5, 5.41) is 3.53. The van der Waals surface area contributed by atoms with E-state index in [0.29, 0.717) is 23.6 Å². The molecule has 0 saturated heterocycles. The van der Waals surface area contributed by atoms with Crippen molar-refractivity contribution >= 4 is 39.5 Å². The number of methoxy groups -OCH3 is 1. The van der Waals surface area contributed by atoms with Gasteiger partial charge < -0.3 is 15.0 Å². The number of rotatable bonds is 9. The first kappa shape index (κ1) is 26.9. The van der Waals surface area contributed by atoms with Crippen molar-refractivity contribution in [3.8, 4) is 5.88 Å². The molecule has 3 heterocycles. The molecule has 0 atom stereocenters. The molecule has 1 aliphatic carbocycles. The summed E-state index contributed by atoms with van der Waals surface area (Å²) >= 11 is 6.02. The minimum Gasteiger partial charge on any atom is -0.480 e. The van der Waals surface area contributed by atoms with Gasteiger partial charge in [0.05, 0.1) is 17.7 Å². The van der Waals surface area contributed by atoms with Gasteiger partial charge in [-0.05, 0) is 51.9 Å². The second-order valence-electron chi connectivity index (χ2n) is 9.10. The van der Waals surface area contributed by atoms with Crippen LogP contribution in [0.1, 0.15) is 42.6 Å². The van der Waals surface area contributed by atoms with Gasteiger partial charge in [0.15, 0.2) is 9.84 Å². The number of halogens is 1. The van der Waals surface area contributed by atoms with Crippen molar-refractivity contribution in [3.05, 3.63) is 59.0 Å². The highest BCUT2D eigenvalue weighted by Crippen LogP contribution is 2.25. The number of aromatic nitrogens is 5. The van der Waals surface area contributed by atoms with Crippen molar-refractivity contribution in [2.24, 2.45) is 0 Å². The summed E-state index contributed by atoms with van der Waals surface area (Å²) in [4.78, 5) is 23.4. The number of hydrogen-bond acceptors (Lipinski definition) is 10. The van der Waals surface area contributed by atoms with Gasteiger partial charge in [0.2, 0.25) is 11.8 Å². The molecule has 1 fully saturated rings. The molecule has 0 radical (unpaired) electrons. The van der Waals surface area contributed by atoms with Crippen LogP contribution < -0.4 is 10.1 Å². The van der Waals surface area contributed by atoms with Crippen LogP contribution in [0.3, 0.4) is 0 Å². The Hall–Kier alpha value is -3.15. The van der Waals surface area contributed by atoms with Crippen LogP contribution in [0.4, 0.5) is 5.95 Å². The van der Waals surface area contributed by atoms with Crippen LogP contribution in [-0.4, -0.2) is 71.5 Å². The van der Waals surface area contributed by atoms with Gasteiger partial charge in [-0.1, -0.05) is 17.7 Å². The molecule has 4 rings (SSSR count). The van der Waals surface area contributed by atoms with Gasteiger partial charge in [-0.15, -0.1) is 0 Å². The number of anilines is 1. The van der Waals surface area contributed by atoms with E-state index in [9.17, 15) is 8.42 Å². The highest BCUT2D eigenvalue weighted by molar-refractivity contribution is 7.90. The fraction of sp³-hybridized carbons (Fsp3) is 0.400. The van der Waals surface area contributed by atoms with Crippen LogP contribution in [0.15, 0.2) is 41.9 Å². The first-order valence-electron chi connectivity index (χ1n) is 11.9. The molecule has 3 aromatic heterocycles. The average Bonchev–Trinajstić information content (AvgIpc) is 2.89. The Morgan fingerprint density at radius 3 is 2.46 bits per heavy atom. The van der Waals surface area contributed by atoms with Crippen molar-refractivity contribution in [2.75, 3.05) is 26.5 Å². The summed E-state index contributed by atoms with van der Waals surface area (Å²) in [6.45, 7) is 0. The Morgan fingerprint density at radius 1 is 1.08 bits per heavy atom. The van der Waals surface area contributed by atoms with Crippen molar-refractivity contribution in [1.29, 1.82) is 0 Å². The lowest BCUT2D eigenvalue weighted by molar-refractivity contribution is 0.221. The Morgan fingerprint density at radius 2 is 1.81 bits per heavy atom. The molecule has 0 amide bonds. The van der Waals surface area contributed by atoms with Gasteiger partial charge in [-0.25, -0.2) is 23.4 Å². The molecule has 12 heteroatoms. The first-order chi connectivity index (χ1) is 17.7. The average molecular weight is 544 g/mol. The zero-order chi connectivity index (χ0) is 26.4. The molecule has 37 heavy (non-hydrogen) atoms. The van der Waals surface area contributed by atoms with E-state index in [4.69, 9.17) is 16.3 Å².